The van der Waals surface area contributed by atoms with Gasteiger partial charge in [0.25, 0.3) is 0 Å². The smallest absolute Gasteiger partial charge is 0.317 e. The summed E-state index contributed by atoms with van der Waals surface area (Å²) in [5, 5.41) is 12.1. The first kappa shape index (κ1) is 15.4. The zero-order valence-electron chi connectivity index (χ0n) is 10.7. The molecule has 0 aromatic carbocycles. The van der Waals surface area contributed by atoms with Crippen LogP contribution in [0.5, 0.6) is 0 Å². The molecular formula is C12H26N2O2. The summed E-state index contributed by atoms with van der Waals surface area (Å²) in [5.74, 6) is -0.732. The molecule has 96 valence electrons. The zero-order chi connectivity index (χ0) is 12.2. The van der Waals surface area contributed by atoms with Crippen LogP contribution in [-0.2, 0) is 4.79 Å². The van der Waals surface area contributed by atoms with Crippen LogP contribution in [0.2, 0.25) is 0 Å². The fraction of sp³-hybridized carbons (Fsp3) is 0.917. The van der Waals surface area contributed by atoms with E-state index < -0.39 is 5.97 Å². The SMILES string of the molecule is CCCCNCCN(CCCC)CC(=O)O. The molecule has 0 aliphatic carbocycles. The van der Waals surface area contributed by atoms with Gasteiger partial charge in [0.05, 0.1) is 6.54 Å². The van der Waals surface area contributed by atoms with Crippen LogP contribution in [0.15, 0.2) is 0 Å². The number of hydrogen-bond donors (Lipinski definition) is 2. The number of unbranched alkanes of at least 4 members (excludes halogenated alkanes) is 2. The molecule has 0 spiro atoms. The van der Waals surface area contributed by atoms with E-state index in [0.29, 0.717) is 0 Å². The van der Waals surface area contributed by atoms with Crippen LogP contribution < -0.4 is 5.32 Å². The van der Waals surface area contributed by atoms with E-state index in [1.165, 1.54) is 12.8 Å². The maximum Gasteiger partial charge on any atom is 0.317 e. The van der Waals surface area contributed by atoms with E-state index in [9.17, 15) is 4.79 Å². The molecule has 0 fully saturated rings. The van der Waals surface area contributed by atoms with Crippen molar-refractivity contribution in [3.05, 3.63) is 0 Å². The summed E-state index contributed by atoms with van der Waals surface area (Å²) >= 11 is 0. The van der Waals surface area contributed by atoms with E-state index in [4.69, 9.17) is 5.11 Å². The zero-order valence-corrected chi connectivity index (χ0v) is 10.7. The Kier molecular flexibility index (Phi) is 10.5. The maximum absolute atomic E-state index is 10.6. The van der Waals surface area contributed by atoms with Crippen molar-refractivity contribution in [3.63, 3.8) is 0 Å². The standard InChI is InChI=1S/C12H26N2O2/c1-3-5-7-13-8-10-14(9-6-4-2)11-12(15)16/h13H,3-11H2,1-2H3,(H,15,16). The van der Waals surface area contributed by atoms with Gasteiger partial charge in [-0.2, -0.15) is 0 Å². The molecule has 0 radical (unpaired) electrons. The van der Waals surface area contributed by atoms with E-state index in [1.807, 2.05) is 4.90 Å². The van der Waals surface area contributed by atoms with E-state index in [2.05, 4.69) is 19.2 Å². The number of carboxylic acid groups (broad SMARTS) is 1. The summed E-state index contributed by atoms with van der Waals surface area (Å²) in [4.78, 5) is 12.7. The molecule has 4 heteroatoms. The number of hydrogen-bond acceptors (Lipinski definition) is 3. The molecule has 2 N–H and O–H groups in total. The highest BCUT2D eigenvalue weighted by Crippen LogP contribution is 1.94. The number of carbonyl (C=O) groups is 1. The number of aliphatic carboxylic acids is 1. The van der Waals surface area contributed by atoms with E-state index >= 15 is 0 Å². The van der Waals surface area contributed by atoms with Gasteiger partial charge in [0, 0.05) is 13.1 Å². The van der Waals surface area contributed by atoms with Crippen molar-refractivity contribution in [2.45, 2.75) is 39.5 Å². The Bertz CT molecular complexity index is 174. The van der Waals surface area contributed by atoms with Crippen molar-refractivity contribution in [1.29, 1.82) is 0 Å². The van der Waals surface area contributed by atoms with Crippen LogP contribution in [0.4, 0.5) is 0 Å². The Morgan fingerprint density at radius 2 is 1.81 bits per heavy atom. The van der Waals surface area contributed by atoms with Crippen LogP contribution in [0.25, 0.3) is 0 Å². The molecule has 0 bridgehead atoms. The van der Waals surface area contributed by atoms with Gasteiger partial charge in [-0.15, -0.1) is 0 Å². The lowest BCUT2D eigenvalue weighted by atomic mass is 10.3. The lowest BCUT2D eigenvalue weighted by Gasteiger charge is -2.20. The van der Waals surface area contributed by atoms with Crippen molar-refractivity contribution < 1.29 is 9.90 Å². The molecule has 0 amide bonds. The summed E-state index contributed by atoms with van der Waals surface area (Å²) in [6, 6.07) is 0. The van der Waals surface area contributed by atoms with Crippen molar-refractivity contribution >= 4 is 5.97 Å². The Morgan fingerprint density at radius 1 is 1.12 bits per heavy atom. The topological polar surface area (TPSA) is 52.6 Å². The molecule has 0 aliphatic rings. The predicted molar refractivity (Wildman–Crippen MR) is 66.8 cm³/mol. The van der Waals surface area contributed by atoms with E-state index in [0.717, 1.165) is 39.0 Å². The Morgan fingerprint density at radius 3 is 2.38 bits per heavy atom. The molecule has 0 aromatic rings. The van der Waals surface area contributed by atoms with Gasteiger partial charge in [0.15, 0.2) is 0 Å². The fourth-order valence-corrected chi connectivity index (χ4v) is 1.51. The lowest BCUT2D eigenvalue weighted by molar-refractivity contribution is -0.138. The van der Waals surface area contributed by atoms with Gasteiger partial charge in [0.1, 0.15) is 0 Å². The lowest BCUT2D eigenvalue weighted by Crippen LogP contribution is -2.36. The number of nitrogens with zero attached hydrogens (tertiary/aromatic N) is 1. The highest BCUT2D eigenvalue weighted by atomic mass is 16.4. The van der Waals surface area contributed by atoms with Crippen molar-refractivity contribution in [1.82, 2.24) is 10.2 Å². The van der Waals surface area contributed by atoms with Gasteiger partial charge in [-0.05, 0) is 25.9 Å². The molecule has 0 saturated heterocycles. The Balaban J connectivity index is 3.60. The highest BCUT2D eigenvalue weighted by molar-refractivity contribution is 5.69. The van der Waals surface area contributed by atoms with Gasteiger partial charge in [-0.3, -0.25) is 9.69 Å². The van der Waals surface area contributed by atoms with Crippen molar-refractivity contribution in [3.8, 4) is 0 Å². The molecule has 0 aromatic heterocycles. The van der Waals surface area contributed by atoms with Crippen LogP contribution in [0.3, 0.4) is 0 Å². The molecule has 4 nitrogen and oxygen atoms in total. The predicted octanol–water partition coefficient (Wildman–Crippen LogP) is 1.56. The first-order valence-electron chi connectivity index (χ1n) is 6.35. The third-order valence-corrected chi connectivity index (χ3v) is 2.50. The summed E-state index contributed by atoms with van der Waals surface area (Å²) in [6.07, 6.45) is 4.57. The largest absolute Gasteiger partial charge is 0.480 e. The van der Waals surface area contributed by atoms with E-state index in [1.54, 1.807) is 0 Å². The normalized spacial score (nSPS) is 10.9. The number of carboxylic acids is 1. The van der Waals surface area contributed by atoms with Crippen LogP contribution >= 0.6 is 0 Å². The van der Waals surface area contributed by atoms with Gasteiger partial charge in [-0.25, -0.2) is 0 Å². The van der Waals surface area contributed by atoms with Crippen LogP contribution in [0.1, 0.15) is 39.5 Å². The quantitative estimate of drug-likeness (QED) is 0.529. The molecule has 0 rings (SSSR count). The second kappa shape index (κ2) is 10.9. The summed E-state index contributed by atoms with van der Waals surface area (Å²) < 4.78 is 0. The third-order valence-electron chi connectivity index (χ3n) is 2.50. The average molecular weight is 230 g/mol. The first-order valence-corrected chi connectivity index (χ1v) is 6.35. The highest BCUT2D eigenvalue weighted by Gasteiger charge is 2.07. The molecule has 0 heterocycles. The first-order chi connectivity index (χ1) is 7.70. The second-order valence-electron chi connectivity index (χ2n) is 4.13. The van der Waals surface area contributed by atoms with Crippen molar-refractivity contribution in [2.75, 3.05) is 32.7 Å². The Labute approximate surface area is 99.0 Å². The minimum atomic E-state index is -0.732. The average Bonchev–Trinajstić information content (AvgIpc) is 2.24. The summed E-state index contributed by atoms with van der Waals surface area (Å²) in [5.41, 5.74) is 0. The number of rotatable bonds is 11. The van der Waals surface area contributed by atoms with Gasteiger partial charge in [0.2, 0.25) is 0 Å². The molecule has 0 saturated carbocycles. The molecule has 16 heavy (non-hydrogen) atoms. The minimum absolute atomic E-state index is 0.162. The Hall–Kier alpha value is -0.610. The fourth-order valence-electron chi connectivity index (χ4n) is 1.51. The van der Waals surface area contributed by atoms with E-state index in [-0.39, 0.29) is 6.54 Å². The molecule has 0 aliphatic heterocycles. The minimum Gasteiger partial charge on any atom is -0.480 e. The monoisotopic (exact) mass is 230 g/mol. The maximum atomic E-state index is 10.6. The molecule has 0 unspecified atom stereocenters. The van der Waals surface area contributed by atoms with Gasteiger partial charge >= 0.3 is 5.97 Å². The molecular weight excluding hydrogens is 204 g/mol. The van der Waals surface area contributed by atoms with Crippen molar-refractivity contribution in [2.24, 2.45) is 0 Å². The summed E-state index contributed by atoms with van der Waals surface area (Å²) in [6.45, 7) is 8.09. The second-order valence-corrected chi connectivity index (χ2v) is 4.13. The van der Waals surface area contributed by atoms with Crippen LogP contribution in [0, 0.1) is 0 Å². The van der Waals surface area contributed by atoms with Gasteiger partial charge < -0.3 is 10.4 Å². The molecule has 0 atom stereocenters. The van der Waals surface area contributed by atoms with Gasteiger partial charge in [-0.1, -0.05) is 26.7 Å². The van der Waals surface area contributed by atoms with Crippen LogP contribution in [-0.4, -0.2) is 48.7 Å². The third kappa shape index (κ3) is 9.93. The summed E-state index contributed by atoms with van der Waals surface area (Å²) in [7, 11) is 0. The number of nitrogens with one attached hydrogen (secondary N) is 1.